The molecule has 1 rings (SSSR count). The van der Waals surface area contributed by atoms with E-state index < -0.39 is 11.0 Å². The average Bonchev–Trinajstić information content (AvgIpc) is 2.28. The summed E-state index contributed by atoms with van der Waals surface area (Å²) in [6.07, 6.45) is -0.675. The number of carbonyl (C=O) groups is 1. The fourth-order valence-corrected chi connectivity index (χ4v) is 1.14. The van der Waals surface area contributed by atoms with Gasteiger partial charge in [-0.1, -0.05) is 0 Å². The highest BCUT2D eigenvalue weighted by Gasteiger charge is 2.16. The molecule has 0 spiro atoms. The molecule has 0 aliphatic carbocycles. The third-order valence-electron chi connectivity index (χ3n) is 2.23. The minimum absolute atomic E-state index is 0.114. The molecule has 1 aromatic carbocycles. The van der Waals surface area contributed by atoms with Gasteiger partial charge in [0.25, 0.3) is 5.69 Å². The Labute approximate surface area is 98.3 Å². The Kier molecular flexibility index (Phi) is 4.03. The molecule has 1 aromatic rings. The molecule has 0 aliphatic rings. The Morgan fingerprint density at radius 1 is 1.41 bits per heavy atom. The van der Waals surface area contributed by atoms with E-state index in [4.69, 9.17) is 9.47 Å². The topological polar surface area (TPSA) is 78.7 Å². The number of hydrogen-bond acceptors (Lipinski definition) is 5. The van der Waals surface area contributed by atoms with Crippen molar-refractivity contribution in [3.63, 3.8) is 0 Å². The van der Waals surface area contributed by atoms with Crippen LogP contribution in [-0.4, -0.2) is 23.9 Å². The van der Waals surface area contributed by atoms with Crippen LogP contribution in [0.4, 0.5) is 5.69 Å². The van der Waals surface area contributed by atoms with Gasteiger partial charge in [0, 0.05) is 6.07 Å². The van der Waals surface area contributed by atoms with Crippen LogP contribution in [-0.2, 0) is 4.79 Å². The fraction of sp³-hybridized carbons (Fsp3) is 0.364. The van der Waals surface area contributed by atoms with Crippen molar-refractivity contribution in [2.45, 2.75) is 20.0 Å². The van der Waals surface area contributed by atoms with Gasteiger partial charge in [0.15, 0.2) is 23.4 Å². The molecule has 0 fully saturated rings. The van der Waals surface area contributed by atoms with Gasteiger partial charge < -0.3 is 9.47 Å². The standard InChI is InChI=1S/C11H13NO5/c1-7(13)8(2)17-11-6-9(12(14)15)4-5-10(11)16-3/h4-6,8H,1-3H3/t8-/m1/s1. The number of rotatable bonds is 5. The van der Waals surface area contributed by atoms with Crippen molar-refractivity contribution in [1.29, 1.82) is 0 Å². The lowest BCUT2D eigenvalue weighted by molar-refractivity contribution is -0.385. The van der Waals surface area contributed by atoms with Crippen LogP contribution in [0.3, 0.4) is 0 Å². The molecular weight excluding hydrogens is 226 g/mol. The third kappa shape index (κ3) is 3.17. The van der Waals surface area contributed by atoms with Crippen LogP contribution in [0.15, 0.2) is 18.2 Å². The second kappa shape index (κ2) is 5.29. The second-order valence-corrected chi connectivity index (χ2v) is 3.46. The van der Waals surface area contributed by atoms with Crippen molar-refractivity contribution in [3.8, 4) is 11.5 Å². The molecule has 0 unspecified atom stereocenters. The highest BCUT2D eigenvalue weighted by Crippen LogP contribution is 2.31. The summed E-state index contributed by atoms with van der Waals surface area (Å²) in [4.78, 5) is 21.1. The van der Waals surface area contributed by atoms with E-state index in [-0.39, 0.29) is 17.2 Å². The van der Waals surface area contributed by atoms with Crippen molar-refractivity contribution in [2.75, 3.05) is 7.11 Å². The molecule has 0 aliphatic heterocycles. The minimum atomic E-state index is -0.675. The number of nitro benzene ring substituents is 1. The number of ketones is 1. The SMILES string of the molecule is COc1ccc([N+](=O)[O-])cc1O[C@H](C)C(C)=O. The third-order valence-corrected chi connectivity index (χ3v) is 2.23. The lowest BCUT2D eigenvalue weighted by Gasteiger charge is -2.14. The van der Waals surface area contributed by atoms with E-state index >= 15 is 0 Å². The number of non-ortho nitro benzene ring substituents is 1. The predicted molar refractivity (Wildman–Crippen MR) is 60.4 cm³/mol. The average molecular weight is 239 g/mol. The molecule has 0 bridgehead atoms. The van der Waals surface area contributed by atoms with Gasteiger partial charge in [-0.05, 0) is 19.9 Å². The molecule has 0 saturated carbocycles. The van der Waals surface area contributed by atoms with Crippen LogP contribution >= 0.6 is 0 Å². The zero-order valence-electron chi connectivity index (χ0n) is 9.80. The summed E-state index contributed by atoms with van der Waals surface area (Å²) in [5.74, 6) is 0.367. The van der Waals surface area contributed by atoms with E-state index in [1.807, 2.05) is 0 Å². The summed E-state index contributed by atoms with van der Waals surface area (Å²) in [5, 5.41) is 10.6. The van der Waals surface area contributed by atoms with Crippen molar-refractivity contribution >= 4 is 11.5 Å². The van der Waals surface area contributed by atoms with Crippen molar-refractivity contribution in [1.82, 2.24) is 0 Å². The van der Waals surface area contributed by atoms with Crippen LogP contribution in [0.25, 0.3) is 0 Å². The number of Topliss-reactive ketones (excluding diaryl/α,β-unsaturated/α-hetero) is 1. The molecule has 0 aromatic heterocycles. The maximum absolute atomic E-state index is 11.1. The van der Waals surface area contributed by atoms with Gasteiger partial charge >= 0.3 is 0 Å². The molecule has 6 nitrogen and oxygen atoms in total. The number of nitrogens with zero attached hydrogens (tertiary/aromatic N) is 1. The van der Waals surface area contributed by atoms with E-state index in [1.165, 1.54) is 32.2 Å². The number of ether oxygens (including phenoxy) is 2. The van der Waals surface area contributed by atoms with E-state index in [0.29, 0.717) is 5.75 Å². The quantitative estimate of drug-likeness (QED) is 0.579. The zero-order chi connectivity index (χ0) is 13.0. The first-order valence-electron chi connectivity index (χ1n) is 4.95. The monoisotopic (exact) mass is 239 g/mol. The van der Waals surface area contributed by atoms with Crippen LogP contribution in [0.2, 0.25) is 0 Å². The van der Waals surface area contributed by atoms with Crippen LogP contribution in [0.1, 0.15) is 13.8 Å². The first-order chi connectivity index (χ1) is 7.95. The van der Waals surface area contributed by atoms with Gasteiger partial charge in [-0.25, -0.2) is 0 Å². The molecular formula is C11H13NO5. The molecule has 17 heavy (non-hydrogen) atoms. The zero-order valence-corrected chi connectivity index (χ0v) is 9.80. The molecule has 0 saturated heterocycles. The van der Waals surface area contributed by atoms with Crippen molar-refractivity contribution in [2.24, 2.45) is 0 Å². The Morgan fingerprint density at radius 2 is 2.06 bits per heavy atom. The highest BCUT2D eigenvalue weighted by molar-refractivity contribution is 5.80. The summed E-state index contributed by atoms with van der Waals surface area (Å²) in [6.45, 7) is 2.95. The van der Waals surface area contributed by atoms with Gasteiger partial charge in [0.2, 0.25) is 0 Å². The molecule has 92 valence electrons. The predicted octanol–water partition coefficient (Wildman–Crippen LogP) is 1.96. The summed E-state index contributed by atoms with van der Waals surface area (Å²) < 4.78 is 10.3. The molecule has 0 N–H and O–H groups in total. The normalized spacial score (nSPS) is 11.7. The summed E-state index contributed by atoms with van der Waals surface area (Å²) in [6, 6.07) is 3.97. The Balaban J connectivity index is 3.06. The second-order valence-electron chi connectivity index (χ2n) is 3.46. The largest absolute Gasteiger partial charge is 0.493 e. The van der Waals surface area contributed by atoms with E-state index in [1.54, 1.807) is 6.92 Å². The lowest BCUT2D eigenvalue weighted by Crippen LogP contribution is -2.21. The van der Waals surface area contributed by atoms with Gasteiger partial charge in [0.1, 0.15) is 0 Å². The smallest absolute Gasteiger partial charge is 0.273 e. The first-order valence-corrected chi connectivity index (χ1v) is 4.95. The van der Waals surface area contributed by atoms with Gasteiger partial charge in [0.05, 0.1) is 18.1 Å². The highest BCUT2D eigenvalue weighted by atomic mass is 16.6. The van der Waals surface area contributed by atoms with Crippen molar-refractivity contribution < 1.29 is 19.2 Å². The van der Waals surface area contributed by atoms with Crippen LogP contribution in [0.5, 0.6) is 11.5 Å². The number of nitro groups is 1. The lowest BCUT2D eigenvalue weighted by atomic mass is 10.2. The molecule has 0 heterocycles. The Bertz CT molecular complexity index is 443. The number of methoxy groups -OCH3 is 1. The summed E-state index contributed by atoms with van der Waals surface area (Å²) >= 11 is 0. The van der Waals surface area contributed by atoms with Gasteiger partial charge in [-0.15, -0.1) is 0 Å². The Morgan fingerprint density at radius 3 is 2.53 bits per heavy atom. The maximum atomic E-state index is 11.1. The minimum Gasteiger partial charge on any atom is -0.493 e. The summed E-state index contributed by atoms with van der Waals surface area (Å²) in [7, 11) is 1.42. The number of benzene rings is 1. The Hall–Kier alpha value is -2.11. The van der Waals surface area contributed by atoms with Crippen molar-refractivity contribution in [3.05, 3.63) is 28.3 Å². The number of hydrogen-bond donors (Lipinski definition) is 0. The molecule has 1 atom stereocenters. The van der Waals surface area contributed by atoms with Crippen LogP contribution < -0.4 is 9.47 Å². The van der Waals surface area contributed by atoms with E-state index in [0.717, 1.165) is 0 Å². The van der Waals surface area contributed by atoms with Crippen LogP contribution in [0, 0.1) is 10.1 Å². The molecule has 6 heteroatoms. The van der Waals surface area contributed by atoms with Gasteiger partial charge in [-0.2, -0.15) is 0 Å². The molecule has 0 radical (unpaired) electrons. The number of carbonyl (C=O) groups excluding carboxylic acids is 1. The maximum Gasteiger partial charge on any atom is 0.273 e. The van der Waals surface area contributed by atoms with E-state index in [2.05, 4.69) is 0 Å². The fourth-order valence-electron chi connectivity index (χ4n) is 1.14. The van der Waals surface area contributed by atoms with E-state index in [9.17, 15) is 14.9 Å². The first kappa shape index (κ1) is 13.0. The summed E-state index contributed by atoms with van der Waals surface area (Å²) in [5.41, 5.74) is -0.114. The molecule has 0 amide bonds. The van der Waals surface area contributed by atoms with Gasteiger partial charge in [-0.3, -0.25) is 14.9 Å².